The standard InChI is InChI=1S/C15H19ClN4O4S/c1-23-9-14-17-15-12(4-3-7-20(15)18-14)19-25(21,22)13-8-10(24-2)5-6-11(13)16/h5-6,8,12,19H,3-4,7,9H2,1-2H3/t12-/m1/s1. The van der Waals surface area contributed by atoms with Gasteiger partial charge < -0.3 is 9.47 Å². The number of sulfonamides is 1. The third-order valence-electron chi connectivity index (χ3n) is 3.92. The minimum absolute atomic E-state index is 0.0257. The van der Waals surface area contributed by atoms with Gasteiger partial charge >= 0.3 is 0 Å². The molecule has 1 atom stereocenters. The van der Waals surface area contributed by atoms with Crippen LogP contribution in [-0.2, 0) is 27.9 Å². The molecule has 2 aromatic rings. The Labute approximate surface area is 151 Å². The van der Waals surface area contributed by atoms with E-state index in [2.05, 4.69) is 14.8 Å². The van der Waals surface area contributed by atoms with Gasteiger partial charge in [-0.3, -0.25) is 0 Å². The third kappa shape index (κ3) is 3.79. The predicted molar refractivity (Wildman–Crippen MR) is 91.0 cm³/mol. The first-order valence-corrected chi connectivity index (χ1v) is 9.59. The van der Waals surface area contributed by atoms with Crippen molar-refractivity contribution in [3.63, 3.8) is 0 Å². The minimum Gasteiger partial charge on any atom is -0.497 e. The molecule has 1 aliphatic heterocycles. The van der Waals surface area contributed by atoms with Crippen molar-refractivity contribution in [3.8, 4) is 5.75 Å². The van der Waals surface area contributed by atoms with Crippen LogP contribution in [0.2, 0.25) is 5.02 Å². The fourth-order valence-electron chi connectivity index (χ4n) is 2.77. The van der Waals surface area contributed by atoms with Crippen LogP contribution in [0.5, 0.6) is 5.75 Å². The molecule has 2 heterocycles. The normalized spacial score (nSPS) is 17.3. The molecule has 1 aromatic carbocycles. The Morgan fingerprint density at radius 2 is 2.20 bits per heavy atom. The Balaban J connectivity index is 1.90. The summed E-state index contributed by atoms with van der Waals surface area (Å²) in [6, 6.07) is 4.03. The summed E-state index contributed by atoms with van der Waals surface area (Å²) < 4.78 is 40.1. The molecule has 1 aliphatic rings. The second kappa shape index (κ2) is 7.28. The molecule has 0 bridgehead atoms. The van der Waals surface area contributed by atoms with Crippen LogP contribution in [0.1, 0.15) is 30.5 Å². The van der Waals surface area contributed by atoms with Crippen LogP contribution in [0.25, 0.3) is 0 Å². The lowest BCUT2D eigenvalue weighted by Crippen LogP contribution is -2.33. The first-order valence-electron chi connectivity index (χ1n) is 7.73. The monoisotopic (exact) mass is 386 g/mol. The van der Waals surface area contributed by atoms with Gasteiger partial charge in [-0.05, 0) is 25.0 Å². The van der Waals surface area contributed by atoms with E-state index in [1.54, 1.807) is 17.9 Å². The Bertz CT molecular complexity index is 868. The summed E-state index contributed by atoms with van der Waals surface area (Å²) >= 11 is 6.08. The van der Waals surface area contributed by atoms with Crippen molar-refractivity contribution in [1.29, 1.82) is 0 Å². The molecule has 0 aliphatic carbocycles. The highest BCUT2D eigenvalue weighted by molar-refractivity contribution is 7.89. The quantitative estimate of drug-likeness (QED) is 0.814. The molecule has 0 amide bonds. The van der Waals surface area contributed by atoms with Crippen LogP contribution in [0, 0.1) is 0 Å². The molecule has 0 saturated heterocycles. The summed E-state index contributed by atoms with van der Waals surface area (Å²) in [7, 11) is -0.816. The highest BCUT2D eigenvalue weighted by atomic mass is 35.5. The lowest BCUT2D eigenvalue weighted by Gasteiger charge is -2.23. The number of hydrogen-bond donors (Lipinski definition) is 1. The number of ether oxygens (including phenoxy) is 2. The molecular weight excluding hydrogens is 368 g/mol. The maximum atomic E-state index is 12.8. The van der Waals surface area contributed by atoms with E-state index in [0.29, 0.717) is 30.4 Å². The van der Waals surface area contributed by atoms with Crippen LogP contribution >= 0.6 is 11.6 Å². The molecule has 25 heavy (non-hydrogen) atoms. The van der Waals surface area contributed by atoms with Gasteiger partial charge in [-0.2, -0.15) is 5.10 Å². The van der Waals surface area contributed by atoms with Crippen LogP contribution in [-0.4, -0.2) is 37.4 Å². The number of hydrogen-bond acceptors (Lipinski definition) is 6. The largest absolute Gasteiger partial charge is 0.497 e. The number of aryl methyl sites for hydroxylation is 1. The molecule has 8 nitrogen and oxygen atoms in total. The van der Waals surface area contributed by atoms with Crippen molar-refractivity contribution in [2.45, 2.75) is 36.9 Å². The lowest BCUT2D eigenvalue weighted by atomic mass is 10.1. The number of nitrogens with zero attached hydrogens (tertiary/aromatic N) is 3. The van der Waals surface area contributed by atoms with Crippen molar-refractivity contribution >= 4 is 21.6 Å². The van der Waals surface area contributed by atoms with Crippen LogP contribution < -0.4 is 9.46 Å². The van der Waals surface area contributed by atoms with Gasteiger partial charge in [-0.1, -0.05) is 11.6 Å². The Kier molecular flexibility index (Phi) is 5.28. The molecule has 3 rings (SSSR count). The van der Waals surface area contributed by atoms with Crippen molar-refractivity contribution in [1.82, 2.24) is 19.5 Å². The van der Waals surface area contributed by atoms with Gasteiger partial charge in [0.15, 0.2) is 5.82 Å². The number of benzene rings is 1. The average molecular weight is 387 g/mol. The molecule has 1 aromatic heterocycles. The Morgan fingerprint density at radius 3 is 2.92 bits per heavy atom. The summed E-state index contributed by atoms with van der Waals surface area (Å²) in [5.74, 6) is 1.53. The van der Waals surface area contributed by atoms with Crippen LogP contribution in [0.4, 0.5) is 0 Å². The van der Waals surface area contributed by atoms with E-state index in [-0.39, 0.29) is 16.5 Å². The molecule has 136 valence electrons. The molecule has 1 N–H and O–H groups in total. The SMILES string of the molecule is COCc1nc2n(n1)CCC[C@H]2NS(=O)(=O)c1cc(OC)ccc1Cl. The van der Waals surface area contributed by atoms with Gasteiger partial charge in [-0.15, -0.1) is 0 Å². The van der Waals surface area contributed by atoms with E-state index in [0.717, 1.165) is 6.42 Å². The number of halogens is 1. The number of aromatic nitrogens is 3. The molecule has 0 fully saturated rings. The number of fused-ring (bicyclic) bond motifs is 1. The lowest BCUT2D eigenvalue weighted by molar-refractivity contribution is 0.177. The maximum absolute atomic E-state index is 12.8. The van der Waals surface area contributed by atoms with Crippen molar-refractivity contribution in [2.24, 2.45) is 0 Å². The van der Waals surface area contributed by atoms with Gasteiger partial charge in [0.25, 0.3) is 0 Å². The molecular formula is C15H19ClN4O4S. The van der Waals surface area contributed by atoms with E-state index in [9.17, 15) is 8.42 Å². The van der Waals surface area contributed by atoms with E-state index in [4.69, 9.17) is 21.1 Å². The van der Waals surface area contributed by atoms with Crippen molar-refractivity contribution in [2.75, 3.05) is 14.2 Å². The van der Waals surface area contributed by atoms with Gasteiger partial charge in [0.2, 0.25) is 10.0 Å². The zero-order chi connectivity index (χ0) is 18.0. The number of rotatable bonds is 6. The number of methoxy groups -OCH3 is 2. The zero-order valence-corrected chi connectivity index (χ0v) is 15.5. The fourth-order valence-corrected chi connectivity index (χ4v) is 4.51. The van der Waals surface area contributed by atoms with E-state index in [1.807, 2.05) is 0 Å². The summed E-state index contributed by atoms with van der Waals surface area (Å²) in [5, 5.41) is 4.47. The Hall–Kier alpha value is -1.68. The smallest absolute Gasteiger partial charge is 0.242 e. The topological polar surface area (TPSA) is 95.3 Å². The van der Waals surface area contributed by atoms with E-state index < -0.39 is 16.1 Å². The third-order valence-corrected chi connectivity index (χ3v) is 5.87. The first-order chi connectivity index (χ1) is 11.9. The molecule has 0 saturated carbocycles. The fraction of sp³-hybridized carbons (Fsp3) is 0.467. The Morgan fingerprint density at radius 1 is 1.40 bits per heavy atom. The summed E-state index contributed by atoms with van der Waals surface area (Å²) in [5.41, 5.74) is 0. The highest BCUT2D eigenvalue weighted by Gasteiger charge is 2.30. The first kappa shape index (κ1) is 18.1. The number of nitrogens with one attached hydrogen (secondary N) is 1. The summed E-state index contributed by atoms with van der Waals surface area (Å²) in [4.78, 5) is 4.37. The van der Waals surface area contributed by atoms with Crippen molar-refractivity contribution < 1.29 is 17.9 Å². The second-order valence-corrected chi connectivity index (χ2v) is 7.74. The van der Waals surface area contributed by atoms with Gasteiger partial charge in [0, 0.05) is 19.7 Å². The molecule has 0 spiro atoms. The second-order valence-electron chi connectivity index (χ2n) is 5.65. The van der Waals surface area contributed by atoms with Crippen LogP contribution in [0.3, 0.4) is 0 Å². The summed E-state index contributed by atoms with van der Waals surface area (Å²) in [6.07, 6.45) is 1.42. The van der Waals surface area contributed by atoms with E-state index >= 15 is 0 Å². The van der Waals surface area contributed by atoms with Crippen molar-refractivity contribution in [3.05, 3.63) is 34.9 Å². The zero-order valence-electron chi connectivity index (χ0n) is 13.9. The van der Waals surface area contributed by atoms with Gasteiger partial charge in [0.05, 0.1) is 18.2 Å². The van der Waals surface area contributed by atoms with Gasteiger partial charge in [0.1, 0.15) is 23.1 Å². The van der Waals surface area contributed by atoms with Crippen LogP contribution in [0.15, 0.2) is 23.1 Å². The van der Waals surface area contributed by atoms with Gasteiger partial charge in [-0.25, -0.2) is 22.8 Å². The average Bonchev–Trinajstić information content (AvgIpc) is 2.99. The minimum atomic E-state index is -3.84. The van der Waals surface area contributed by atoms with E-state index in [1.165, 1.54) is 19.2 Å². The molecule has 0 radical (unpaired) electrons. The summed E-state index contributed by atoms with van der Waals surface area (Å²) in [6.45, 7) is 0.978. The molecule has 0 unspecified atom stereocenters. The maximum Gasteiger partial charge on any atom is 0.242 e. The predicted octanol–water partition coefficient (Wildman–Crippen LogP) is 1.90. The highest BCUT2D eigenvalue weighted by Crippen LogP contribution is 2.30. The molecule has 10 heteroatoms.